The SMILES string of the molecule is CCO[C@H]1O[C@H](CC)[C@@H](O)[C@H](O)[C@@H]1O. The van der Waals surface area contributed by atoms with Crippen LogP contribution in [-0.2, 0) is 9.47 Å². The largest absolute Gasteiger partial charge is 0.388 e. The minimum absolute atomic E-state index is 0.390. The van der Waals surface area contributed by atoms with E-state index in [1.54, 1.807) is 6.92 Å². The quantitative estimate of drug-likeness (QED) is 0.565. The van der Waals surface area contributed by atoms with E-state index in [0.29, 0.717) is 13.0 Å². The number of hydrogen-bond donors (Lipinski definition) is 3. The molecule has 5 nitrogen and oxygen atoms in total. The molecule has 1 rings (SSSR count). The van der Waals surface area contributed by atoms with Crippen molar-refractivity contribution >= 4 is 0 Å². The summed E-state index contributed by atoms with van der Waals surface area (Å²) in [6.45, 7) is 4.00. The average molecular weight is 206 g/mol. The molecule has 1 saturated heterocycles. The van der Waals surface area contributed by atoms with Gasteiger partial charge < -0.3 is 24.8 Å². The summed E-state index contributed by atoms with van der Waals surface area (Å²) in [7, 11) is 0. The summed E-state index contributed by atoms with van der Waals surface area (Å²) >= 11 is 0. The lowest BCUT2D eigenvalue weighted by molar-refractivity contribution is -0.295. The molecular formula is C9H18O5. The van der Waals surface area contributed by atoms with Gasteiger partial charge in [-0.25, -0.2) is 0 Å². The third-order valence-electron chi connectivity index (χ3n) is 2.40. The van der Waals surface area contributed by atoms with E-state index in [9.17, 15) is 15.3 Å². The molecule has 0 aromatic heterocycles. The maximum absolute atomic E-state index is 9.50. The summed E-state index contributed by atoms with van der Waals surface area (Å²) in [4.78, 5) is 0. The van der Waals surface area contributed by atoms with Crippen LogP contribution in [-0.4, -0.2) is 52.6 Å². The third-order valence-corrected chi connectivity index (χ3v) is 2.40. The van der Waals surface area contributed by atoms with Gasteiger partial charge in [0, 0.05) is 6.61 Å². The van der Waals surface area contributed by atoms with Crippen LogP contribution >= 0.6 is 0 Å². The minimum Gasteiger partial charge on any atom is -0.388 e. The minimum atomic E-state index is -1.20. The van der Waals surface area contributed by atoms with E-state index in [4.69, 9.17) is 9.47 Å². The first-order valence-electron chi connectivity index (χ1n) is 4.93. The zero-order chi connectivity index (χ0) is 10.7. The lowest BCUT2D eigenvalue weighted by atomic mass is 9.97. The molecule has 5 atom stereocenters. The van der Waals surface area contributed by atoms with E-state index < -0.39 is 30.7 Å². The Morgan fingerprint density at radius 2 is 1.71 bits per heavy atom. The summed E-state index contributed by atoms with van der Waals surface area (Å²) in [5.74, 6) is 0. The summed E-state index contributed by atoms with van der Waals surface area (Å²) in [5, 5.41) is 28.5. The second-order valence-corrected chi connectivity index (χ2v) is 3.38. The van der Waals surface area contributed by atoms with E-state index in [1.807, 2.05) is 6.92 Å². The van der Waals surface area contributed by atoms with Crippen molar-refractivity contribution in [2.24, 2.45) is 0 Å². The maximum Gasteiger partial charge on any atom is 0.186 e. The third kappa shape index (κ3) is 2.24. The second-order valence-electron chi connectivity index (χ2n) is 3.38. The predicted molar refractivity (Wildman–Crippen MR) is 48.6 cm³/mol. The molecule has 1 fully saturated rings. The van der Waals surface area contributed by atoms with Gasteiger partial charge in [-0.2, -0.15) is 0 Å². The van der Waals surface area contributed by atoms with Crippen LogP contribution < -0.4 is 0 Å². The Hall–Kier alpha value is -0.200. The molecule has 1 aliphatic heterocycles. The highest BCUT2D eigenvalue weighted by atomic mass is 16.7. The first-order valence-corrected chi connectivity index (χ1v) is 4.93. The molecule has 0 bridgehead atoms. The maximum atomic E-state index is 9.50. The molecule has 0 amide bonds. The van der Waals surface area contributed by atoms with Gasteiger partial charge in [0.2, 0.25) is 0 Å². The van der Waals surface area contributed by atoms with Gasteiger partial charge in [0.25, 0.3) is 0 Å². The van der Waals surface area contributed by atoms with Crippen molar-refractivity contribution in [3.05, 3.63) is 0 Å². The van der Waals surface area contributed by atoms with E-state index in [0.717, 1.165) is 0 Å². The Kier molecular flexibility index (Phi) is 4.28. The van der Waals surface area contributed by atoms with Crippen molar-refractivity contribution < 1.29 is 24.8 Å². The Morgan fingerprint density at radius 3 is 2.21 bits per heavy atom. The summed E-state index contributed by atoms with van der Waals surface area (Å²) < 4.78 is 10.4. The molecular weight excluding hydrogens is 188 g/mol. The van der Waals surface area contributed by atoms with Crippen molar-refractivity contribution in [2.45, 2.75) is 51.0 Å². The number of ether oxygens (including phenoxy) is 2. The van der Waals surface area contributed by atoms with Gasteiger partial charge in [-0.3, -0.25) is 0 Å². The van der Waals surface area contributed by atoms with Crippen molar-refractivity contribution in [2.75, 3.05) is 6.61 Å². The van der Waals surface area contributed by atoms with Gasteiger partial charge in [-0.15, -0.1) is 0 Å². The molecule has 0 saturated carbocycles. The molecule has 84 valence electrons. The fraction of sp³-hybridized carbons (Fsp3) is 1.00. The summed E-state index contributed by atoms with van der Waals surface area (Å²) in [5.41, 5.74) is 0. The fourth-order valence-corrected chi connectivity index (χ4v) is 1.56. The van der Waals surface area contributed by atoms with Gasteiger partial charge in [0.05, 0.1) is 6.10 Å². The van der Waals surface area contributed by atoms with Crippen LogP contribution in [0.25, 0.3) is 0 Å². The van der Waals surface area contributed by atoms with Crippen LogP contribution in [0.2, 0.25) is 0 Å². The van der Waals surface area contributed by atoms with Gasteiger partial charge in [-0.05, 0) is 13.3 Å². The van der Waals surface area contributed by atoms with E-state index in [1.165, 1.54) is 0 Å². The Bertz CT molecular complexity index is 171. The van der Waals surface area contributed by atoms with Crippen molar-refractivity contribution in [1.82, 2.24) is 0 Å². The predicted octanol–water partition coefficient (Wildman–Crippen LogP) is -0.760. The second kappa shape index (κ2) is 5.04. The summed E-state index contributed by atoms with van der Waals surface area (Å²) in [6.07, 6.45) is -4.20. The molecule has 0 aromatic rings. The van der Waals surface area contributed by atoms with Gasteiger partial charge >= 0.3 is 0 Å². The first kappa shape index (κ1) is 11.9. The van der Waals surface area contributed by atoms with Crippen LogP contribution in [0.4, 0.5) is 0 Å². The lowest BCUT2D eigenvalue weighted by Gasteiger charge is -2.39. The highest BCUT2D eigenvalue weighted by molar-refractivity contribution is 4.88. The van der Waals surface area contributed by atoms with E-state index >= 15 is 0 Å². The standard InChI is InChI=1S/C9H18O5/c1-3-5-6(10)7(11)8(12)9(14-5)13-4-2/h5-12H,3-4H2,1-2H3/t5-,6-,7+,8+,9+/m1/s1. The molecule has 0 aromatic carbocycles. The van der Waals surface area contributed by atoms with Gasteiger partial charge in [0.15, 0.2) is 6.29 Å². The number of aliphatic hydroxyl groups is 3. The lowest BCUT2D eigenvalue weighted by Crippen LogP contribution is -2.57. The Labute approximate surface area is 83.3 Å². The molecule has 0 spiro atoms. The van der Waals surface area contributed by atoms with Crippen molar-refractivity contribution in [1.29, 1.82) is 0 Å². The molecule has 5 heteroatoms. The van der Waals surface area contributed by atoms with Crippen LogP contribution in [0.1, 0.15) is 20.3 Å². The first-order chi connectivity index (χ1) is 6.61. The van der Waals surface area contributed by atoms with Crippen LogP contribution in [0.3, 0.4) is 0 Å². The number of hydrogen-bond acceptors (Lipinski definition) is 5. The monoisotopic (exact) mass is 206 g/mol. The molecule has 1 heterocycles. The average Bonchev–Trinajstić information content (AvgIpc) is 2.19. The van der Waals surface area contributed by atoms with Gasteiger partial charge in [0.1, 0.15) is 18.3 Å². The van der Waals surface area contributed by atoms with E-state index in [2.05, 4.69) is 0 Å². The Balaban J connectivity index is 2.63. The van der Waals surface area contributed by atoms with Crippen LogP contribution in [0, 0.1) is 0 Å². The highest BCUT2D eigenvalue weighted by Gasteiger charge is 2.43. The highest BCUT2D eigenvalue weighted by Crippen LogP contribution is 2.23. The van der Waals surface area contributed by atoms with Gasteiger partial charge in [-0.1, -0.05) is 6.92 Å². The molecule has 0 unspecified atom stereocenters. The van der Waals surface area contributed by atoms with Crippen LogP contribution in [0.15, 0.2) is 0 Å². The number of rotatable bonds is 3. The molecule has 0 aliphatic carbocycles. The van der Waals surface area contributed by atoms with E-state index in [-0.39, 0.29) is 0 Å². The zero-order valence-electron chi connectivity index (χ0n) is 8.46. The molecule has 14 heavy (non-hydrogen) atoms. The number of aliphatic hydroxyl groups excluding tert-OH is 3. The smallest absolute Gasteiger partial charge is 0.186 e. The summed E-state index contributed by atoms with van der Waals surface area (Å²) in [6, 6.07) is 0. The molecule has 3 N–H and O–H groups in total. The fourth-order valence-electron chi connectivity index (χ4n) is 1.56. The van der Waals surface area contributed by atoms with Crippen LogP contribution in [0.5, 0.6) is 0 Å². The van der Waals surface area contributed by atoms with Crippen molar-refractivity contribution in [3.8, 4) is 0 Å². The molecule has 0 radical (unpaired) electrons. The topological polar surface area (TPSA) is 79.2 Å². The van der Waals surface area contributed by atoms with Crippen molar-refractivity contribution in [3.63, 3.8) is 0 Å². The Morgan fingerprint density at radius 1 is 1.07 bits per heavy atom. The normalized spacial score (nSPS) is 43.9. The zero-order valence-corrected chi connectivity index (χ0v) is 8.46. The molecule has 1 aliphatic rings.